The molecule has 2 nitrogen and oxygen atoms in total. The van der Waals surface area contributed by atoms with Gasteiger partial charge in [0.15, 0.2) is 0 Å². The summed E-state index contributed by atoms with van der Waals surface area (Å²) in [6.45, 7) is 6.47. The quantitative estimate of drug-likeness (QED) is 0.689. The van der Waals surface area contributed by atoms with Crippen molar-refractivity contribution >= 4 is 0 Å². The van der Waals surface area contributed by atoms with Crippen LogP contribution in [0.5, 0.6) is 0 Å². The average molecular weight is 249 g/mol. The van der Waals surface area contributed by atoms with Crippen molar-refractivity contribution in [2.24, 2.45) is 0 Å². The first-order valence-electron chi connectivity index (χ1n) is 7.14. The largest absolute Gasteiger partial charge is 0.387 e. The van der Waals surface area contributed by atoms with Crippen LogP contribution in [0.3, 0.4) is 0 Å². The van der Waals surface area contributed by atoms with Crippen LogP contribution in [0.25, 0.3) is 0 Å². The highest BCUT2D eigenvalue weighted by molar-refractivity contribution is 5.18. The molecule has 1 rings (SSSR count). The van der Waals surface area contributed by atoms with E-state index in [1.807, 2.05) is 37.3 Å². The van der Waals surface area contributed by atoms with Crippen LogP contribution in [-0.4, -0.2) is 17.2 Å². The van der Waals surface area contributed by atoms with Crippen LogP contribution in [0.1, 0.15) is 58.1 Å². The maximum atomic E-state index is 10.2. The van der Waals surface area contributed by atoms with Crippen LogP contribution >= 0.6 is 0 Å². The lowest BCUT2D eigenvalue weighted by Crippen LogP contribution is -2.38. The Kier molecular flexibility index (Phi) is 6.99. The summed E-state index contributed by atoms with van der Waals surface area (Å²) in [6.07, 6.45) is 4.56. The van der Waals surface area contributed by atoms with Gasteiger partial charge in [-0.1, -0.05) is 56.5 Å². The second kappa shape index (κ2) is 8.28. The number of benzene rings is 1. The zero-order chi connectivity index (χ0) is 13.4. The summed E-state index contributed by atoms with van der Waals surface area (Å²) in [7, 11) is 0. The predicted octanol–water partition coefficient (Wildman–Crippen LogP) is 3.67. The van der Waals surface area contributed by atoms with Crippen molar-refractivity contribution in [3.05, 3.63) is 35.9 Å². The molecule has 1 aromatic carbocycles. The predicted molar refractivity (Wildman–Crippen MR) is 77.6 cm³/mol. The molecule has 2 N–H and O–H groups in total. The van der Waals surface area contributed by atoms with Gasteiger partial charge in [-0.25, -0.2) is 0 Å². The smallest absolute Gasteiger partial charge is 0.0940 e. The number of hydrogen-bond acceptors (Lipinski definition) is 2. The molecule has 0 fully saturated rings. The monoisotopic (exact) mass is 249 g/mol. The van der Waals surface area contributed by atoms with Gasteiger partial charge in [0, 0.05) is 12.1 Å². The zero-order valence-electron chi connectivity index (χ0n) is 11.9. The van der Waals surface area contributed by atoms with Crippen LogP contribution in [0.15, 0.2) is 30.3 Å². The Labute approximate surface area is 111 Å². The summed E-state index contributed by atoms with van der Waals surface area (Å²) in [5.41, 5.74) is 0.984. The van der Waals surface area contributed by atoms with Crippen molar-refractivity contribution in [1.29, 1.82) is 0 Å². The molecule has 0 aliphatic heterocycles. The highest BCUT2D eigenvalue weighted by atomic mass is 16.3. The topological polar surface area (TPSA) is 32.3 Å². The van der Waals surface area contributed by atoms with E-state index in [0.717, 1.165) is 5.56 Å². The Bertz CT molecular complexity index is 312. The van der Waals surface area contributed by atoms with Crippen LogP contribution in [0, 0.1) is 0 Å². The second-order valence-corrected chi connectivity index (χ2v) is 5.21. The van der Waals surface area contributed by atoms with E-state index in [9.17, 15) is 5.11 Å². The lowest BCUT2D eigenvalue weighted by molar-refractivity contribution is 0.129. The van der Waals surface area contributed by atoms with E-state index >= 15 is 0 Å². The molecule has 0 saturated heterocycles. The van der Waals surface area contributed by atoms with Crippen LogP contribution < -0.4 is 5.32 Å². The van der Waals surface area contributed by atoms with Crippen molar-refractivity contribution in [1.82, 2.24) is 5.32 Å². The van der Waals surface area contributed by atoms with Crippen molar-refractivity contribution in [2.45, 2.75) is 64.6 Å². The normalized spacial score (nSPS) is 16.2. The van der Waals surface area contributed by atoms with Gasteiger partial charge >= 0.3 is 0 Å². The van der Waals surface area contributed by atoms with Gasteiger partial charge in [0.25, 0.3) is 0 Å². The second-order valence-electron chi connectivity index (χ2n) is 5.21. The summed E-state index contributed by atoms with van der Waals surface area (Å²) in [5.74, 6) is 0. The van der Waals surface area contributed by atoms with E-state index in [-0.39, 0.29) is 6.04 Å². The fourth-order valence-electron chi connectivity index (χ4n) is 2.26. The molecule has 102 valence electrons. The van der Waals surface area contributed by atoms with Gasteiger partial charge in [-0.15, -0.1) is 0 Å². The first-order valence-corrected chi connectivity index (χ1v) is 7.14. The molecule has 0 aromatic heterocycles. The van der Waals surface area contributed by atoms with E-state index in [2.05, 4.69) is 19.2 Å². The summed E-state index contributed by atoms with van der Waals surface area (Å²) < 4.78 is 0. The molecule has 3 unspecified atom stereocenters. The summed E-state index contributed by atoms with van der Waals surface area (Å²) >= 11 is 0. The Hall–Kier alpha value is -0.860. The summed E-state index contributed by atoms with van der Waals surface area (Å²) in [4.78, 5) is 0. The van der Waals surface area contributed by atoms with Crippen molar-refractivity contribution in [3.8, 4) is 0 Å². The minimum absolute atomic E-state index is 0.0871. The molecule has 3 atom stereocenters. The standard InChI is InChI=1S/C16H27NO/c1-4-5-7-10-13(2)17-14(3)16(18)15-11-8-6-9-12-15/h6,8-9,11-14,16-18H,4-5,7,10H2,1-3H3. The van der Waals surface area contributed by atoms with Gasteiger partial charge in [0.2, 0.25) is 0 Å². The first kappa shape index (κ1) is 15.2. The maximum Gasteiger partial charge on any atom is 0.0940 e. The molecule has 0 aliphatic rings. The number of aliphatic hydroxyl groups excluding tert-OH is 1. The van der Waals surface area contributed by atoms with Gasteiger partial charge in [-0.3, -0.25) is 0 Å². The Balaban J connectivity index is 2.37. The SMILES string of the molecule is CCCCCC(C)NC(C)C(O)c1ccccc1. The minimum atomic E-state index is -0.431. The van der Waals surface area contributed by atoms with E-state index in [1.165, 1.54) is 25.7 Å². The number of rotatable bonds is 8. The molecule has 0 bridgehead atoms. The van der Waals surface area contributed by atoms with Crippen molar-refractivity contribution < 1.29 is 5.11 Å². The zero-order valence-corrected chi connectivity index (χ0v) is 11.9. The highest BCUT2D eigenvalue weighted by Crippen LogP contribution is 2.17. The van der Waals surface area contributed by atoms with E-state index in [4.69, 9.17) is 0 Å². The van der Waals surface area contributed by atoms with Crippen LogP contribution in [0.2, 0.25) is 0 Å². The van der Waals surface area contributed by atoms with E-state index in [1.54, 1.807) is 0 Å². The Morgan fingerprint density at radius 2 is 1.78 bits per heavy atom. The molecular formula is C16H27NO. The molecule has 0 saturated carbocycles. The number of nitrogens with one attached hydrogen (secondary N) is 1. The summed E-state index contributed by atoms with van der Waals surface area (Å²) in [5, 5.41) is 13.7. The third-order valence-corrected chi connectivity index (χ3v) is 3.40. The molecule has 2 heteroatoms. The van der Waals surface area contributed by atoms with Crippen molar-refractivity contribution in [2.75, 3.05) is 0 Å². The molecule has 1 aromatic rings. The van der Waals surface area contributed by atoms with Gasteiger partial charge in [-0.05, 0) is 25.8 Å². The van der Waals surface area contributed by atoms with Crippen molar-refractivity contribution in [3.63, 3.8) is 0 Å². The highest BCUT2D eigenvalue weighted by Gasteiger charge is 2.17. The summed E-state index contributed by atoms with van der Waals surface area (Å²) in [6, 6.07) is 10.4. The van der Waals surface area contributed by atoms with Crippen LogP contribution in [0.4, 0.5) is 0 Å². The Morgan fingerprint density at radius 1 is 1.11 bits per heavy atom. The molecule has 0 heterocycles. The number of unbranched alkanes of at least 4 members (excludes halogenated alkanes) is 2. The molecule has 0 radical (unpaired) electrons. The van der Waals surface area contributed by atoms with Crippen LogP contribution in [-0.2, 0) is 0 Å². The first-order chi connectivity index (χ1) is 8.65. The lowest BCUT2D eigenvalue weighted by atomic mass is 10.0. The molecule has 18 heavy (non-hydrogen) atoms. The van der Waals surface area contributed by atoms with Gasteiger partial charge in [0.1, 0.15) is 0 Å². The third kappa shape index (κ3) is 5.19. The van der Waals surface area contributed by atoms with Gasteiger partial charge < -0.3 is 10.4 Å². The lowest BCUT2D eigenvalue weighted by Gasteiger charge is -2.24. The molecule has 0 aliphatic carbocycles. The molecule has 0 spiro atoms. The maximum absolute atomic E-state index is 10.2. The van der Waals surface area contributed by atoms with Gasteiger partial charge in [-0.2, -0.15) is 0 Å². The molecular weight excluding hydrogens is 222 g/mol. The third-order valence-electron chi connectivity index (χ3n) is 3.40. The van der Waals surface area contributed by atoms with Gasteiger partial charge in [0.05, 0.1) is 6.10 Å². The van der Waals surface area contributed by atoms with E-state index in [0.29, 0.717) is 6.04 Å². The number of hydrogen-bond donors (Lipinski definition) is 2. The Morgan fingerprint density at radius 3 is 2.39 bits per heavy atom. The number of aliphatic hydroxyl groups is 1. The van der Waals surface area contributed by atoms with E-state index < -0.39 is 6.10 Å². The fraction of sp³-hybridized carbons (Fsp3) is 0.625. The fourth-order valence-corrected chi connectivity index (χ4v) is 2.26. The average Bonchev–Trinajstić information content (AvgIpc) is 2.39. The molecule has 0 amide bonds. The minimum Gasteiger partial charge on any atom is -0.387 e.